The Morgan fingerprint density at radius 1 is 1.22 bits per heavy atom. The minimum atomic E-state index is -0.369. The van der Waals surface area contributed by atoms with Gasteiger partial charge in [0.05, 0.1) is 17.0 Å². The highest BCUT2D eigenvalue weighted by Crippen LogP contribution is 2.30. The number of nitrogens with one attached hydrogen (secondary N) is 1. The van der Waals surface area contributed by atoms with Crippen molar-refractivity contribution in [3.05, 3.63) is 58.6 Å². The van der Waals surface area contributed by atoms with Crippen molar-refractivity contribution in [1.29, 1.82) is 0 Å². The number of ether oxygens (including phenoxy) is 1. The van der Waals surface area contributed by atoms with Gasteiger partial charge in [0.15, 0.2) is 6.10 Å². The normalized spacial score (nSPS) is 14.7. The van der Waals surface area contributed by atoms with Gasteiger partial charge in [-0.05, 0) is 30.7 Å². The lowest BCUT2D eigenvalue weighted by molar-refractivity contribution is -0.384. The van der Waals surface area contributed by atoms with E-state index < -0.39 is 0 Å². The van der Waals surface area contributed by atoms with E-state index in [9.17, 15) is 10.1 Å². The Hall–Kier alpha value is -2.89. The molecule has 2 aromatic carbocycles. The highest BCUT2D eigenvalue weighted by Gasteiger charge is 2.16. The Labute approximate surface area is 134 Å². The van der Waals surface area contributed by atoms with Crippen molar-refractivity contribution in [3.8, 4) is 16.9 Å². The van der Waals surface area contributed by atoms with E-state index >= 15 is 0 Å². The largest absolute Gasteiger partial charge is 0.483 e. The van der Waals surface area contributed by atoms with E-state index in [1.807, 2.05) is 31.2 Å². The average molecular weight is 311 g/mol. The highest BCUT2D eigenvalue weighted by atomic mass is 16.6. The second-order valence-corrected chi connectivity index (χ2v) is 5.25. The maximum absolute atomic E-state index is 11.1. The Bertz CT molecular complexity index is 741. The number of nitrogens with zero attached hydrogens (tertiary/aromatic N) is 2. The van der Waals surface area contributed by atoms with Crippen LogP contribution < -0.4 is 10.1 Å². The van der Waals surface area contributed by atoms with E-state index in [-0.39, 0.29) is 16.7 Å². The summed E-state index contributed by atoms with van der Waals surface area (Å²) in [6.45, 7) is 3.56. The third-order valence-corrected chi connectivity index (χ3v) is 3.66. The van der Waals surface area contributed by atoms with Crippen LogP contribution in [-0.4, -0.2) is 30.0 Å². The zero-order valence-electron chi connectivity index (χ0n) is 12.7. The summed E-state index contributed by atoms with van der Waals surface area (Å²) in [7, 11) is 0. The van der Waals surface area contributed by atoms with E-state index in [1.165, 1.54) is 6.07 Å². The number of hydrogen-bond acceptors (Lipinski definition) is 5. The first kappa shape index (κ1) is 15.0. The summed E-state index contributed by atoms with van der Waals surface area (Å²) in [5.41, 5.74) is 1.48. The van der Waals surface area contributed by atoms with Crippen molar-refractivity contribution < 1.29 is 9.66 Å². The molecule has 6 heteroatoms. The maximum Gasteiger partial charge on any atom is 0.277 e. The molecule has 0 unspecified atom stereocenters. The van der Waals surface area contributed by atoms with E-state index in [2.05, 4.69) is 10.3 Å². The van der Waals surface area contributed by atoms with E-state index in [0.29, 0.717) is 11.3 Å². The fraction of sp³-hybridized carbons (Fsp3) is 0.235. The SMILES string of the molecule is C[C@@H](Oc1ccc(-c2ccccc2[N+](=O)[O-])cc1)C1=NCCN1. The molecule has 2 aromatic rings. The molecule has 0 fully saturated rings. The molecule has 0 aliphatic carbocycles. The van der Waals surface area contributed by atoms with Crippen LogP contribution in [0.25, 0.3) is 11.1 Å². The number of nitro benzene ring substituents is 1. The first-order valence-electron chi connectivity index (χ1n) is 7.44. The molecule has 1 aliphatic rings. The molecule has 0 saturated heterocycles. The second-order valence-electron chi connectivity index (χ2n) is 5.25. The molecule has 0 saturated carbocycles. The van der Waals surface area contributed by atoms with E-state index in [0.717, 1.165) is 24.5 Å². The fourth-order valence-corrected chi connectivity index (χ4v) is 2.54. The summed E-state index contributed by atoms with van der Waals surface area (Å²) in [6.07, 6.45) is -0.144. The average Bonchev–Trinajstić information content (AvgIpc) is 3.10. The Kier molecular flexibility index (Phi) is 4.23. The van der Waals surface area contributed by atoms with Crippen LogP contribution in [-0.2, 0) is 0 Å². The lowest BCUT2D eigenvalue weighted by Gasteiger charge is -2.15. The van der Waals surface area contributed by atoms with Crippen molar-refractivity contribution in [3.63, 3.8) is 0 Å². The van der Waals surface area contributed by atoms with Crippen LogP contribution in [0, 0.1) is 10.1 Å². The molecule has 1 atom stereocenters. The van der Waals surface area contributed by atoms with Crippen molar-refractivity contribution in [2.75, 3.05) is 13.1 Å². The maximum atomic E-state index is 11.1. The van der Waals surface area contributed by atoms with Gasteiger partial charge in [-0.2, -0.15) is 0 Å². The van der Waals surface area contributed by atoms with Gasteiger partial charge >= 0.3 is 0 Å². The second kappa shape index (κ2) is 6.48. The molecule has 118 valence electrons. The number of amidine groups is 1. The number of benzene rings is 2. The fourth-order valence-electron chi connectivity index (χ4n) is 2.54. The Balaban J connectivity index is 1.78. The molecule has 1 N–H and O–H groups in total. The molecule has 0 aromatic heterocycles. The lowest BCUT2D eigenvalue weighted by Crippen LogP contribution is -2.33. The minimum Gasteiger partial charge on any atom is -0.483 e. The zero-order valence-corrected chi connectivity index (χ0v) is 12.7. The van der Waals surface area contributed by atoms with Gasteiger partial charge in [0.2, 0.25) is 0 Å². The Morgan fingerprint density at radius 3 is 2.61 bits per heavy atom. The summed E-state index contributed by atoms with van der Waals surface area (Å²) >= 11 is 0. The minimum absolute atomic E-state index is 0.0963. The monoisotopic (exact) mass is 311 g/mol. The van der Waals surface area contributed by atoms with Gasteiger partial charge in [-0.3, -0.25) is 15.1 Å². The number of aliphatic imine (C=N–C) groups is 1. The molecule has 6 nitrogen and oxygen atoms in total. The quantitative estimate of drug-likeness (QED) is 0.680. The lowest BCUT2D eigenvalue weighted by atomic mass is 10.0. The van der Waals surface area contributed by atoms with Crippen molar-refractivity contribution in [1.82, 2.24) is 5.32 Å². The molecule has 0 amide bonds. The predicted octanol–water partition coefficient (Wildman–Crippen LogP) is 3.03. The third kappa shape index (κ3) is 3.31. The van der Waals surface area contributed by atoms with Crippen LogP contribution in [0.5, 0.6) is 5.75 Å². The standard InChI is InChI=1S/C17H17N3O3/c1-12(17-18-10-11-19-17)23-14-8-6-13(7-9-14)15-4-2-3-5-16(15)20(21)22/h2-9,12H,10-11H2,1H3,(H,18,19)/t12-/m1/s1. The highest BCUT2D eigenvalue weighted by molar-refractivity contribution is 5.87. The van der Waals surface area contributed by atoms with Crippen LogP contribution in [0.15, 0.2) is 53.5 Å². The predicted molar refractivity (Wildman–Crippen MR) is 88.9 cm³/mol. The van der Waals surface area contributed by atoms with Gasteiger partial charge in [0.25, 0.3) is 5.69 Å². The van der Waals surface area contributed by atoms with Crippen LogP contribution in [0.4, 0.5) is 5.69 Å². The van der Waals surface area contributed by atoms with Gasteiger partial charge in [0, 0.05) is 12.6 Å². The van der Waals surface area contributed by atoms with Crippen LogP contribution in [0.1, 0.15) is 6.92 Å². The summed E-state index contributed by atoms with van der Waals surface area (Å²) in [4.78, 5) is 15.1. The molecule has 0 spiro atoms. The molecule has 0 bridgehead atoms. The number of para-hydroxylation sites is 1. The van der Waals surface area contributed by atoms with Crippen molar-refractivity contribution in [2.45, 2.75) is 13.0 Å². The van der Waals surface area contributed by atoms with Gasteiger partial charge in [-0.15, -0.1) is 0 Å². The smallest absolute Gasteiger partial charge is 0.277 e. The number of nitro groups is 1. The van der Waals surface area contributed by atoms with E-state index in [1.54, 1.807) is 18.2 Å². The summed E-state index contributed by atoms with van der Waals surface area (Å²) in [6, 6.07) is 14.0. The van der Waals surface area contributed by atoms with Crippen LogP contribution >= 0.6 is 0 Å². The first-order valence-corrected chi connectivity index (χ1v) is 7.44. The number of rotatable bonds is 5. The van der Waals surface area contributed by atoms with Crippen LogP contribution in [0.2, 0.25) is 0 Å². The van der Waals surface area contributed by atoms with Crippen molar-refractivity contribution >= 4 is 11.5 Å². The topological polar surface area (TPSA) is 76.8 Å². The zero-order chi connectivity index (χ0) is 16.2. The van der Waals surface area contributed by atoms with Gasteiger partial charge < -0.3 is 10.1 Å². The molecule has 1 aliphatic heterocycles. The Morgan fingerprint density at radius 2 is 1.96 bits per heavy atom. The molecule has 3 rings (SSSR count). The first-order chi connectivity index (χ1) is 11.1. The molecule has 1 heterocycles. The number of hydrogen-bond donors (Lipinski definition) is 1. The molecular formula is C17H17N3O3. The molecular weight excluding hydrogens is 294 g/mol. The van der Waals surface area contributed by atoms with Crippen molar-refractivity contribution in [2.24, 2.45) is 4.99 Å². The summed E-state index contributed by atoms with van der Waals surface area (Å²) in [5, 5.41) is 14.3. The third-order valence-electron chi connectivity index (χ3n) is 3.66. The molecule has 0 radical (unpaired) electrons. The van der Waals surface area contributed by atoms with Gasteiger partial charge in [0.1, 0.15) is 11.6 Å². The summed E-state index contributed by atoms with van der Waals surface area (Å²) in [5.74, 6) is 1.56. The molecule has 23 heavy (non-hydrogen) atoms. The summed E-state index contributed by atoms with van der Waals surface area (Å²) < 4.78 is 5.84. The van der Waals surface area contributed by atoms with Gasteiger partial charge in [-0.25, -0.2) is 0 Å². The van der Waals surface area contributed by atoms with Gasteiger partial charge in [-0.1, -0.05) is 24.3 Å². The van der Waals surface area contributed by atoms with Crippen LogP contribution in [0.3, 0.4) is 0 Å². The van der Waals surface area contributed by atoms with E-state index in [4.69, 9.17) is 4.74 Å².